The second-order valence-electron chi connectivity index (χ2n) is 5.99. The van der Waals surface area contributed by atoms with Gasteiger partial charge >= 0.3 is 6.09 Å². The summed E-state index contributed by atoms with van der Waals surface area (Å²) in [6.07, 6.45) is 1.74. The fourth-order valence-corrected chi connectivity index (χ4v) is 2.20. The van der Waals surface area contributed by atoms with Crippen LogP contribution in [0.5, 0.6) is 0 Å². The Kier molecular flexibility index (Phi) is 3.84. The van der Waals surface area contributed by atoms with Crippen molar-refractivity contribution in [2.24, 2.45) is 5.41 Å². The molecule has 1 aliphatic rings. The highest BCUT2D eigenvalue weighted by molar-refractivity contribution is 5.93. The summed E-state index contributed by atoms with van der Waals surface area (Å²) in [4.78, 5) is 23.2. The van der Waals surface area contributed by atoms with Crippen molar-refractivity contribution in [3.8, 4) is 0 Å². The average molecular weight is 241 g/mol. The molecule has 1 rings (SSSR count). The topological polar surface area (TPSA) is 55.4 Å². The summed E-state index contributed by atoms with van der Waals surface area (Å²) in [7, 11) is 0. The van der Waals surface area contributed by atoms with Gasteiger partial charge in [0.2, 0.25) is 0 Å². The summed E-state index contributed by atoms with van der Waals surface area (Å²) in [5.74, 6) is 0.236. The number of rotatable bonds is 3. The first kappa shape index (κ1) is 14.0. The van der Waals surface area contributed by atoms with Crippen LogP contribution in [-0.4, -0.2) is 23.5 Å². The maximum atomic E-state index is 11.6. The molecule has 1 fully saturated rings. The minimum atomic E-state index is -0.501. The van der Waals surface area contributed by atoms with Crippen molar-refractivity contribution in [1.82, 2.24) is 5.32 Å². The smallest absolute Gasteiger partial charge is 0.407 e. The maximum absolute atomic E-state index is 11.6. The summed E-state index contributed by atoms with van der Waals surface area (Å²) in [6, 6.07) is -0.0789. The third-order valence-electron chi connectivity index (χ3n) is 3.26. The molecule has 17 heavy (non-hydrogen) atoms. The number of alkyl carbamates (subject to hydrolysis) is 1. The lowest BCUT2D eigenvalue weighted by Crippen LogP contribution is -2.60. The van der Waals surface area contributed by atoms with Crippen LogP contribution in [0.25, 0.3) is 0 Å². The third kappa shape index (κ3) is 3.20. The van der Waals surface area contributed by atoms with E-state index in [9.17, 15) is 9.59 Å². The minimum absolute atomic E-state index is 0.0789. The first-order valence-corrected chi connectivity index (χ1v) is 6.22. The Bertz CT molecular complexity index is 319. The lowest BCUT2D eigenvalue weighted by Gasteiger charge is -2.45. The van der Waals surface area contributed by atoms with Gasteiger partial charge in [0, 0.05) is 11.8 Å². The molecule has 0 heterocycles. The van der Waals surface area contributed by atoms with Crippen molar-refractivity contribution in [1.29, 1.82) is 0 Å². The van der Waals surface area contributed by atoms with Gasteiger partial charge < -0.3 is 10.1 Å². The van der Waals surface area contributed by atoms with Crippen LogP contribution < -0.4 is 5.32 Å². The van der Waals surface area contributed by atoms with Gasteiger partial charge in [-0.25, -0.2) is 4.79 Å². The molecule has 0 aromatic heterocycles. The van der Waals surface area contributed by atoms with Crippen molar-refractivity contribution in [2.75, 3.05) is 0 Å². The van der Waals surface area contributed by atoms with Crippen LogP contribution in [0.1, 0.15) is 53.9 Å². The Morgan fingerprint density at radius 1 is 1.53 bits per heavy atom. The highest BCUT2D eigenvalue weighted by Crippen LogP contribution is 2.41. The number of ketones is 1. The second-order valence-corrected chi connectivity index (χ2v) is 5.99. The van der Waals surface area contributed by atoms with Crippen LogP contribution in [-0.2, 0) is 9.53 Å². The van der Waals surface area contributed by atoms with Crippen LogP contribution >= 0.6 is 0 Å². The van der Waals surface area contributed by atoms with Crippen molar-refractivity contribution >= 4 is 11.9 Å². The van der Waals surface area contributed by atoms with E-state index in [0.29, 0.717) is 6.42 Å². The van der Waals surface area contributed by atoms with Gasteiger partial charge in [-0.3, -0.25) is 4.79 Å². The standard InChI is InChI=1S/C13H23NO3/c1-6-7-13(5)9(8-10(13)15)14-11(16)17-12(2,3)4/h9H,6-8H2,1-5H3,(H,14,16). The van der Waals surface area contributed by atoms with E-state index in [1.165, 1.54) is 0 Å². The fraction of sp³-hybridized carbons (Fsp3) is 0.846. The molecule has 1 N–H and O–H groups in total. The SMILES string of the molecule is CCCC1(C)C(=O)CC1NC(=O)OC(C)(C)C. The van der Waals surface area contributed by atoms with E-state index in [1.54, 1.807) is 0 Å². The molecule has 98 valence electrons. The highest BCUT2D eigenvalue weighted by Gasteiger charge is 2.51. The van der Waals surface area contributed by atoms with Gasteiger partial charge in [-0.05, 0) is 27.2 Å². The van der Waals surface area contributed by atoms with Gasteiger partial charge in [0.25, 0.3) is 0 Å². The Labute approximate surface area is 103 Å². The van der Waals surface area contributed by atoms with Gasteiger partial charge in [0.05, 0.1) is 6.04 Å². The summed E-state index contributed by atoms with van der Waals surface area (Å²) < 4.78 is 5.19. The van der Waals surface area contributed by atoms with Gasteiger partial charge in [-0.2, -0.15) is 0 Å². The number of carbonyl (C=O) groups excluding carboxylic acids is 2. The summed E-state index contributed by atoms with van der Waals surface area (Å²) in [5, 5.41) is 2.80. The fourth-order valence-electron chi connectivity index (χ4n) is 2.20. The molecule has 1 aliphatic carbocycles. The summed E-state index contributed by atoms with van der Waals surface area (Å²) in [5.41, 5.74) is -0.898. The number of nitrogens with one attached hydrogen (secondary N) is 1. The molecule has 0 spiro atoms. The number of ether oxygens (including phenoxy) is 1. The Hall–Kier alpha value is -1.06. The molecule has 0 aromatic rings. The maximum Gasteiger partial charge on any atom is 0.407 e. The minimum Gasteiger partial charge on any atom is -0.444 e. The number of Topliss-reactive ketones (excluding diaryl/α,β-unsaturated/α-hetero) is 1. The van der Waals surface area contributed by atoms with Crippen molar-refractivity contribution in [3.63, 3.8) is 0 Å². The molecular weight excluding hydrogens is 218 g/mol. The van der Waals surface area contributed by atoms with Crippen LogP contribution in [0, 0.1) is 5.41 Å². The van der Waals surface area contributed by atoms with Gasteiger partial charge in [0.15, 0.2) is 0 Å². The summed E-state index contributed by atoms with van der Waals surface area (Å²) >= 11 is 0. The van der Waals surface area contributed by atoms with Gasteiger partial charge in [0.1, 0.15) is 11.4 Å². The quantitative estimate of drug-likeness (QED) is 0.826. The average Bonchev–Trinajstić information content (AvgIpc) is 2.15. The third-order valence-corrected chi connectivity index (χ3v) is 3.26. The van der Waals surface area contributed by atoms with Crippen molar-refractivity contribution in [2.45, 2.75) is 65.5 Å². The monoisotopic (exact) mass is 241 g/mol. The van der Waals surface area contributed by atoms with Crippen LogP contribution in [0.2, 0.25) is 0 Å². The normalized spacial score (nSPS) is 28.5. The largest absolute Gasteiger partial charge is 0.444 e. The number of hydrogen-bond acceptors (Lipinski definition) is 3. The zero-order valence-electron chi connectivity index (χ0n) is 11.4. The lowest BCUT2D eigenvalue weighted by atomic mass is 9.62. The first-order valence-electron chi connectivity index (χ1n) is 6.22. The Morgan fingerprint density at radius 2 is 2.12 bits per heavy atom. The zero-order valence-corrected chi connectivity index (χ0v) is 11.4. The summed E-state index contributed by atoms with van der Waals surface area (Å²) in [6.45, 7) is 9.43. The molecule has 2 atom stereocenters. The molecule has 0 aliphatic heterocycles. The molecule has 0 radical (unpaired) electrons. The van der Waals surface area contributed by atoms with E-state index in [-0.39, 0.29) is 11.8 Å². The van der Waals surface area contributed by atoms with E-state index in [4.69, 9.17) is 4.74 Å². The molecular formula is C13H23NO3. The highest BCUT2D eigenvalue weighted by atomic mass is 16.6. The number of hydrogen-bond donors (Lipinski definition) is 1. The van der Waals surface area contributed by atoms with E-state index in [0.717, 1.165) is 12.8 Å². The Balaban J connectivity index is 2.53. The van der Waals surface area contributed by atoms with Gasteiger partial charge in [-0.1, -0.05) is 20.3 Å². The van der Waals surface area contributed by atoms with Crippen LogP contribution in [0.4, 0.5) is 4.79 Å². The molecule has 4 heteroatoms. The van der Waals surface area contributed by atoms with Crippen molar-refractivity contribution in [3.05, 3.63) is 0 Å². The predicted molar refractivity (Wildman–Crippen MR) is 65.8 cm³/mol. The molecule has 0 saturated heterocycles. The van der Waals surface area contributed by atoms with E-state index in [2.05, 4.69) is 5.32 Å². The zero-order chi connectivity index (χ0) is 13.3. The predicted octanol–water partition coefficient (Wildman–Crippen LogP) is 2.66. The van der Waals surface area contributed by atoms with Gasteiger partial charge in [-0.15, -0.1) is 0 Å². The molecule has 2 unspecified atom stereocenters. The van der Waals surface area contributed by atoms with E-state index >= 15 is 0 Å². The first-order chi connectivity index (χ1) is 7.69. The van der Waals surface area contributed by atoms with Crippen molar-refractivity contribution < 1.29 is 14.3 Å². The van der Waals surface area contributed by atoms with Crippen LogP contribution in [0.3, 0.4) is 0 Å². The lowest BCUT2D eigenvalue weighted by molar-refractivity contribution is -0.140. The number of amides is 1. The number of carbonyl (C=O) groups is 2. The van der Waals surface area contributed by atoms with E-state index < -0.39 is 17.1 Å². The Morgan fingerprint density at radius 3 is 2.53 bits per heavy atom. The van der Waals surface area contributed by atoms with Crippen LogP contribution in [0.15, 0.2) is 0 Å². The second kappa shape index (κ2) is 4.67. The molecule has 1 saturated carbocycles. The molecule has 4 nitrogen and oxygen atoms in total. The van der Waals surface area contributed by atoms with E-state index in [1.807, 2.05) is 34.6 Å². The molecule has 0 aromatic carbocycles. The molecule has 0 bridgehead atoms. The molecule has 1 amide bonds.